The fraction of sp³-hybridized carbons (Fsp3) is 0.143. The molecule has 0 aliphatic heterocycles. The predicted octanol–water partition coefficient (Wildman–Crippen LogP) is 1.61. The Hall–Kier alpha value is -2.36. The summed E-state index contributed by atoms with van der Waals surface area (Å²) in [5.41, 5.74) is 2.17. The Morgan fingerprint density at radius 3 is 2.72 bits per heavy atom. The Balaban J connectivity index is 2.03. The van der Waals surface area contributed by atoms with E-state index in [0.717, 1.165) is 11.1 Å². The first kappa shape index (κ1) is 12.1. The van der Waals surface area contributed by atoms with Crippen molar-refractivity contribution in [3.8, 4) is 0 Å². The lowest BCUT2D eigenvalue weighted by atomic mass is 10.1. The lowest BCUT2D eigenvalue weighted by Crippen LogP contribution is -2.25. The highest BCUT2D eigenvalue weighted by molar-refractivity contribution is 5.92. The molecule has 0 fully saturated rings. The van der Waals surface area contributed by atoms with Gasteiger partial charge in [-0.15, -0.1) is 0 Å². The standard InChI is InChI=1S/C14H14N2O2/c1-10-4-2-5-11(8-10)9-15-14(18)12-6-3-7-13(17)16-12/h2-8H,9H2,1H3,(H,15,18)(H,16,17). The first-order chi connectivity index (χ1) is 8.65. The third kappa shape index (κ3) is 3.07. The summed E-state index contributed by atoms with van der Waals surface area (Å²) in [5, 5.41) is 2.76. The van der Waals surface area contributed by atoms with Gasteiger partial charge in [0.05, 0.1) is 0 Å². The van der Waals surface area contributed by atoms with Crippen LogP contribution >= 0.6 is 0 Å². The number of hydrogen-bond acceptors (Lipinski definition) is 2. The number of carbonyl (C=O) groups excluding carboxylic acids is 1. The Morgan fingerprint density at radius 1 is 1.22 bits per heavy atom. The zero-order valence-electron chi connectivity index (χ0n) is 10.1. The maximum atomic E-state index is 11.8. The van der Waals surface area contributed by atoms with Crippen molar-refractivity contribution >= 4 is 5.91 Å². The van der Waals surface area contributed by atoms with Gasteiger partial charge in [-0.1, -0.05) is 35.9 Å². The second kappa shape index (κ2) is 5.31. The largest absolute Gasteiger partial charge is 0.347 e. The van der Waals surface area contributed by atoms with Crippen LogP contribution in [0, 0.1) is 6.92 Å². The molecule has 0 saturated heterocycles. The number of aromatic amines is 1. The number of rotatable bonds is 3. The van der Waals surface area contributed by atoms with Gasteiger partial charge in [0.2, 0.25) is 5.56 Å². The first-order valence-electron chi connectivity index (χ1n) is 5.68. The van der Waals surface area contributed by atoms with E-state index in [1.807, 2.05) is 31.2 Å². The molecule has 1 heterocycles. The van der Waals surface area contributed by atoms with Gasteiger partial charge in [-0.3, -0.25) is 9.59 Å². The van der Waals surface area contributed by atoms with Crippen LogP contribution in [0.3, 0.4) is 0 Å². The number of nitrogens with one attached hydrogen (secondary N) is 2. The quantitative estimate of drug-likeness (QED) is 0.859. The molecular formula is C14H14N2O2. The lowest BCUT2D eigenvalue weighted by molar-refractivity contribution is 0.0945. The normalized spacial score (nSPS) is 10.1. The smallest absolute Gasteiger partial charge is 0.268 e. The molecule has 2 N–H and O–H groups in total. The van der Waals surface area contributed by atoms with Crippen LogP contribution in [0.5, 0.6) is 0 Å². The number of H-pyrrole nitrogens is 1. The number of hydrogen-bond donors (Lipinski definition) is 2. The number of carbonyl (C=O) groups is 1. The Kier molecular flexibility index (Phi) is 3.57. The average molecular weight is 242 g/mol. The molecule has 2 rings (SSSR count). The number of aryl methyl sites for hydroxylation is 1. The summed E-state index contributed by atoms with van der Waals surface area (Å²) in [6.45, 7) is 2.44. The highest BCUT2D eigenvalue weighted by Crippen LogP contribution is 2.03. The van der Waals surface area contributed by atoms with E-state index in [9.17, 15) is 9.59 Å². The van der Waals surface area contributed by atoms with Crippen molar-refractivity contribution in [3.05, 3.63) is 69.6 Å². The molecule has 0 saturated carbocycles. The first-order valence-corrected chi connectivity index (χ1v) is 5.68. The monoisotopic (exact) mass is 242 g/mol. The molecule has 92 valence electrons. The molecule has 4 nitrogen and oxygen atoms in total. The molecule has 0 spiro atoms. The van der Waals surface area contributed by atoms with E-state index in [0.29, 0.717) is 6.54 Å². The Morgan fingerprint density at radius 2 is 2.00 bits per heavy atom. The molecule has 0 unspecified atom stereocenters. The minimum Gasteiger partial charge on any atom is -0.347 e. The van der Waals surface area contributed by atoms with Crippen LogP contribution in [0.1, 0.15) is 21.6 Å². The van der Waals surface area contributed by atoms with Gasteiger partial charge in [0, 0.05) is 12.6 Å². The van der Waals surface area contributed by atoms with Crippen LogP contribution in [-0.4, -0.2) is 10.9 Å². The van der Waals surface area contributed by atoms with Crippen molar-refractivity contribution in [1.29, 1.82) is 0 Å². The third-order valence-electron chi connectivity index (χ3n) is 2.55. The summed E-state index contributed by atoms with van der Waals surface area (Å²) in [4.78, 5) is 25.3. The number of pyridine rings is 1. The maximum Gasteiger partial charge on any atom is 0.268 e. The van der Waals surface area contributed by atoms with E-state index in [2.05, 4.69) is 10.3 Å². The topological polar surface area (TPSA) is 62.0 Å². The second-order valence-corrected chi connectivity index (χ2v) is 4.10. The molecule has 2 aromatic rings. The van der Waals surface area contributed by atoms with Gasteiger partial charge >= 0.3 is 0 Å². The summed E-state index contributed by atoms with van der Waals surface area (Å²) in [6.07, 6.45) is 0. The van der Waals surface area contributed by atoms with E-state index in [4.69, 9.17) is 0 Å². The van der Waals surface area contributed by atoms with Crippen LogP contribution < -0.4 is 10.9 Å². The summed E-state index contributed by atoms with van der Waals surface area (Å²) in [6, 6.07) is 12.4. The van der Waals surface area contributed by atoms with Crippen molar-refractivity contribution in [2.45, 2.75) is 13.5 Å². The number of benzene rings is 1. The van der Waals surface area contributed by atoms with Gasteiger partial charge in [0.25, 0.3) is 5.91 Å². The molecule has 18 heavy (non-hydrogen) atoms. The molecule has 1 amide bonds. The second-order valence-electron chi connectivity index (χ2n) is 4.10. The van der Waals surface area contributed by atoms with Crippen molar-refractivity contribution in [1.82, 2.24) is 10.3 Å². The van der Waals surface area contributed by atoms with E-state index in [1.165, 1.54) is 6.07 Å². The molecule has 0 aliphatic rings. The van der Waals surface area contributed by atoms with E-state index >= 15 is 0 Å². The summed E-state index contributed by atoms with van der Waals surface area (Å²) in [7, 11) is 0. The summed E-state index contributed by atoms with van der Waals surface area (Å²) in [5.74, 6) is -0.283. The fourth-order valence-corrected chi connectivity index (χ4v) is 1.68. The minimum atomic E-state index is -0.283. The van der Waals surface area contributed by atoms with Gasteiger partial charge in [-0.05, 0) is 18.6 Å². The average Bonchev–Trinajstić information content (AvgIpc) is 2.36. The molecule has 0 atom stereocenters. The molecule has 1 aromatic heterocycles. The molecule has 0 aliphatic carbocycles. The molecule has 0 bridgehead atoms. The van der Waals surface area contributed by atoms with Crippen LogP contribution in [0.15, 0.2) is 47.3 Å². The van der Waals surface area contributed by atoms with Gasteiger partial charge in [-0.2, -0.15) is 0 Å². The SMILES string of the molecule is Cc1cccc(CNC(=O)c2cccc(=O)[nH]2)c1. The van der Waals surface area contributed by atoms with Crippen molar-refractivity contribution in [2.75, 3.05) is 0 Å². The lowest BCUT2D eigenvalue weighted by Gasteiger charge is -2.05. The van der Waals surface area contributed by atoms with Gasteiger partial charge in [0.15, 0.2) is 0 Å². The van der Waals surface area contributed by atoms with Crippen molar-refractivity contribution in [3.63, 3.8) is 0 Å². The summed E-state index contributed by atoms with van der Waals surface area (Å²) < 4.78 is 0. The van der Waals surface area contributed by atoms with Crippen molar-refractivity contribution in [2.24, 2.45) is 0 Å². The van der Waals surface area contributed by atoms with Gasteiger partial charge < -0.3 is 10.3 Å². The van der Waals surface area contributed by atoms with Crippen LogP contribution in [0.2, 0.25) is 0 Å². The Bertz CT molecular complexity index is 617. The van der Waals surface area contributed by atoms with Gasteiger partial charge in [-0.25, -0.2) is 0 Å². The van der Waals surface area contributed by atoms with Crippen molar-refractivity contribution < 1.29 is 4.79 Å². The highest BCUT2D eigenvalue weighted by atomic mass is 16.2. The fourth-order valence-electron chi connectivity index (χ4n) is 1.68. The minimum absolute atomic E-state index is 0.273. The van der Waals surface area contributed by atoms with Crippen LogP contribution in [0.25, 0.3) is 0 Å². The van der Waals surface area contributed by atoms with Crippen LogP contribution in [0.4, 0.5) is 0 Å². The highest BCUT2D eigenvalue weighted by Gasteiger charge is 2.05. The van der Waals surface area contributed by atoms with Crippen LogP contribution in [-0.2, 0) is 6.54 Å². The third-order valence-corrected chi connectivity index (χ3v) is 2.55. The molecule has 4 heteroatoms. The summed E-state index contributed by atoms with van der Waals surface area (Å²) >= 11 is 0. The van der Waals surface area contributed by atoms with E-state index in [-0.39, 0.29) is 17.2 Å². The van der Waals surface area contributed by atoms with E-state index < -0.39 is 0 Å². The zero-order valence-corrected chi connectivity index (χ0v) is 10.1. The molecule has 1 aromatic carbocycles. The van der Waals surface area contributed by atoms with E-state index in [1.54, 1.807) is 12.1 Å². The molecular weight excluding hydrogens is 228 g/mol. The Labute approximate surface area is 105 Å². The number of amides is 1. The number of aromatic nitrogens is 1. The zero-order chi connectivity index (χ0) is 13.0. The maximum absolute atomic E-state index is 11.8. The molecule has 0 radical (unpaired) electrons. The predicted molar refractivity (Wildman–Crippen MR) is 69.4 cm³/mol. The van der Waals surface area contributed by atoms with Gasteiger partial charge in [0.1, 0.15) is 5.69 Å².